The first kappa shape index (κ1) is 13.1. The van der Waals surface area contributed by atoms with Gasteiger partial charge in [0.1, 0.15) is 0 Å². The van der Waals surface area contributed by atoms with E-state index >= 15 is 0 Å². The van der Waals surface area contributed by atoms with Gasteiger partial charge in [0.15, 0.2) is 0 Å². The van der Waals surface area contributed by atoms with E-state index in [0.717, 1.165) is 6.54 Å². The van der Waals surface area contributed by atoms with Crippen LogP contribution in [0.25, 0.3) is 0 Å². The predicted molar refractivity (Wildman–Crippen MR) is 77.4 cm³/mol. The summed E-state index contributed by atoms with van der Waals surface area (Å²) in [6, 6.07) is 4.37. The molecular formula is C15H22BrN. The molecule has 0 saturated heterocycles. The first-order valence-electron chi connectivity index (χ1n) is 6.57. The second-order valence-corrected chi connectivity index (χ2v) is 6.26. The van der Waals surface area contributed by atoms with E-state index in [1.54, 1.807) is 0 Å². The first-order chi connectivity index (χ1) is 8.10. The van der Waals surface area contributed by atoms with Gasteiger partial charge >= 0.3 is 0 Å². The highest BCUT2D eigenvalue weighted by atomic mass is 79.9. The minimum absolute atomic E-state index is 0.215. The number of aryl methyl sites for hydroxylation is 1. The fourth-order valence-electron chi connectivity index (χ4n) is 3.22. The van der Waals surface area contributed by atoms with E-state index in [1.165, 1.54) is 53.3 Å². The smallest absolute Gasteiger partial charge is 0.0216 e. The zero-order valence-corrected chi connectivity index (χ0v) is 12.4. The van der Waals surface area contributed by atoms with Gasteiger partial charge in [-0.1, -0.05) is 41.3 Å². The van der Waals surface area contributed by atoms with E-state index in [2.05, 4.69) is 41.9 Å². The fourth-order valence-corrected chi connectivity index (χ4v) is 4.07. The average molecular weight is 296 g/mol. The maximum absolute atomic E-state index is 6.14. The van der Waals surface area contributed by atoms with Crippen LogP contribution in [0.15, 0.2) is 16.6 Å². The predicted octanol–water partition coefficient (Wildman–Crippen LogP) is 4.23. The van der Waals surface area contributed by atoms with Crippen LogP contribution in [-0.2, 0) is 5.41 Å². The van der Waals surface area contributed by atoms with E-state index < -0.39 is 0 Å². The molecule has 0 amide bonds. The Balaban J connectivity index is 2.53. The zero-order chi connectivity index (χ0) is 12.5. The van der Waals surface area contributed by atoms with E-state index in [4.69, 9.17) is 5.73 Å². The molecule has 2 rings (SSSR count). The molecule has 0 heterocycles. The molecule has 2 N–H and O–H groups in total. The van der Waals surface area contributed by atoms with Crippen molar-refractivity contribution in [1.29, 1.82) is 0 Å². The second-order valence-electron chi connectivity index (χ2n) is 5.41. The van der Waals surface area contributed by atoms with E-state index in [9.17, 15) is 0 Å². The molecule has 0 aliphatic heterocycles. The van der Waals surface area contributed by atoms with Gasteiger partial charge in [-0.3, -0.25) is 0 Å². The van der Waals surface area contributed by atoms with Gasteiger partial charge in [-0.25, -0.2) is 0 Å². The van der Waals surface area contributed by atoms with Crippen molar-refractivity contribution in [3.05, 3.63) is 33.3 Å². The molecule has 0 aromatic heterocycles. The minimum atomic E-state index is 0.215. The quantitative estimate of drug-likeness (QED) is 0.868. The highest BCUT2D eigenvalue weighted by Crippen LogP contribution is 2.43. The molecule has 0 radical (unpaired) electrons. The Bertz CT molecular complexity index is 406. The third-order valence-electron chi connectivity index (χ3n) is 4.42. The largest absolute Gasteiger partial charge is 0.330 e. The van der Waals surface area contributed by atoms with Crippen LogP contribution < -0.4 is 5.73 Å². The number of nitrogens with two attached hydrogens (primary N) is 1. The van der Waals surface area contributed by atoms with Crippen molar-refractivity contribution >= 4 is 15.9 Å². The molecule has 1 fully saturated rings. The maximum atomic E-state index is 6.14. The summed E-state index contributed by atoms with van der Waals surface area (Å²) in [6.07, 6.45) is 6.48. The van der Waals surface area contributed by atoms with Crippen LogP contribution >= 0.6 is 15.9 Å². The summed E-state index contributed by atoms with van der Waals surface area (Å²) < 4.78 is 1.24. The average Bonchev–Trinajstić information content (AvgIpc) is 2.35. The fraction of sp³-hybridized carbons (Fsp3) is 0.600. The van der Waals surface area contributed by atoms with Crippen molar-refractivity contribution < 1.29 is 0 Å². The molecule has 94 valence electrons. The Labute approximate surface area is 113 Å². The highest BCUT2D eigenvalue weighted by molar-refractivity contribution is 9.10. The molecule has 1 saturated carbocycles. The summed E-state index contributed by atoms with van der Waals surface area (Å²) in [7, 11) is 0. The number of benzene rings is 1. The van der Waals surface area contributed by atoms with Crippen molar-refractivity contribution in [2.75, 3.05) is 6.54 Å². The SMILES string of the molecule is Cc1ccc(Br)c(C2(CN)CCCCC2)c1C. The summed E-state index contributed by atoms with van der Waals surface area (Å²) in [5, 5.41) is 0. The molecular weight excluding hydrogens is 274 g/mol. The molecule has 0 atom stereocenters. The second kappa shape index (κ2) is 5.11. The van der Waals surface area contributed by atoms with Crippen molar-refractivity contribution in [2.45, 2.75) is 51.4 Å². The van der Waals surface area contributed by atoms with Gasteiger partial charge in [0.25, 0.3) is 0 Å². The van der Waals surface area contributed by atoms with Gasteiger partial charge in [0, 0.05) is 16.4 Å². The Hall–Kier alpha value is -0.340. The number of halogens is 1. The van der Waals surface area contributed by atoms with Crippen LogP contribution in [-0.4, -0.2) is 6.54 Å². The molecule has 1 nitrogen and oxygen atoms in total. The third kappa shape index (κ3) is 2.30. The number of hydrogen-bond donors (Lipinski definition) is 1. The Morgan fingerprint density at radius 1 is 1.18 bits per heavy atom. The van der Waals surface area contributed by atoms with Crippen molar-refractivity contribution in [3.63, 3.8) is 0 Å². The monoisotopic (exact) mass is 295 g/mol. The molecule has 0 spiro atoms. The number of rotatable bonds is 2. The van der Waals surface area contributed by atoms with Crippen LogP contribution in [0, 0.1) is 13.8 Å². The lowest BCUT2D eigenvalue weighted by molar-refractivity contribution is 0.298. The Morgan fingerprint density at radius 3 is 2.41 bits per heavy atom. The van der Waals surface area contributed by atoms with Gasteiger partial charge in [0.2, 0.25) is 0 Å². The standard InChI is InChI=1S/C15H22BrN/c1-11-6-7-13(16)14(12(11)2)15(10-17)8-4-3-5-9-15/h6-7H,3-5,8-10,17H2,1-2H3. The van der Waals surface area contributed by atoms with Crippen LogP contribution in [0.5, 0.6) is 0 Å². The molecule has 1 aromatic rings. The molecule has 1 aromatic carbocycles. The van der Waals surface area contributed by atoms with Gasteiger partial charge in [0.05, 0.1) is 0 Å². The van der Waals surface area contributed by atoms with E-state index in [0.29, 0.717) is 0 Å². The topological polar surface area (TPSA) is 26.0 Å². The molecule has 1 aliphatic carbocycles. The number of hydrogen-bond acceptors (Lipinski definition) is 1. The lowest BCUT2D eigenvalue weighted by Crippen LogP contribution is -2.38. The van der Waals surface area contributed by atoms with E-state index in [1.807, 2.05) is 0 Å². The Kier molecular flexibility index (Phi) is 3.94. The summed E-state index contributed by atoms with van der Waals surface area (Å²) in [4.78, 5) is 0. The third-order valence-corrected chi connectivity index (χ3v) is 5.08. The van der Waals surface area contributed by atoms with Crippen LogP contribution in [0.1, 0.15) is 48.8 Å². The van der Waals surface area contributed by atoms with Gasteiger partial charge in [-0.2, -0.15) is 0 Å². The molecule has 2 heteroatoms. The lowest BCUT2D eigenvalue weighted by Gasteiger charge is -2.39. The van der Waals surface area contributed by atoms with Gasteiger partial charge in [-0.05, 0) is 49.4 Å². The zero-order valence-electron chi connectivity index (χ0n) is 10.9. The van der Waals surface area contributed by atoms with Crippen LogP contribution in [0.2, 0.25) is 0 Å². The first-order valence-corrected chi connectivity index (χ1v) is 7.36. The summed E-state index contributed by atoms with van der Waals surface area (Å²) in [5.74, 6) is 0. The summed E-state index contributed by atoms with van der Waals surface area (Å²) in [6.45, 7) is 5.20. The summed E-state index contributed by atoms with van der Waals surface area (Å²) >= 11 is 3.74. The van der Waals surface area contributed by atoms with Gasteiger partial charge < -0.3 is 5.73 Å². The van der Waals surface area contributed by atoms with E-state index in [-0.39, 0.29) is 5.41 Å². The Morgan fingerprint density at radius 2 is 1.82 bits per heavy atom. The molecule has 0 unspecified atom stereocenters. The molecule has 1 aliphatic rings. The normalized spacial score (nSPS) is 19.3. The van der Waals surface area contributed by atoms with Gasteiger partial charge in [-0.15, -0.1) is 0 Å². The van der Waals surface area contributed by atoms with Crippen molar-refractivity contribution in [2.24, 2.45) is 5.73 Å². The lowest BCUT2D eigenvalue weighted by atomic mass is 9.68. The minimum Gasteiger partial charge on any atom is -0.330 e. The molecule has 0 bridgehead atoms. The molecule has 17 heavy (non-hydrogen) atoms. The maximum Gasteiger partial charge on any atom is 0.0216 e. The highest BCUT2D eigenvalue weighted by Gasteiger charge is 2.35. The van der Waals surface area contributed by atoms with Crippen molar-refractivity contribution in [3.8, 4) is 0 Å². The van der Waals surface area contributed by atoms with Crippen LogP contribution in [0.3, 0.4) is 0 Å². The van der Waals surface area contributed by atoms with Crippen LogP contribution in [0.4, 0.5) is 0 Å². The summed E-state index contributed by atoms with van der Waals surface area (Å²) in [5.41, 5.74) is 10.6. The van der Waals surface area contributed by atoms with Crippen molar-refractivity contribution in [1.82, 2.24) is 0 Å².